The zero-order valence-electron chi connectivity index (χ0n) is 16.7. The average molecular weight is 393 g/mol. The predicted octanol–water partition coefficient (Wildman–Crippen LogP) is 5.01. The Balaban J connectivity index is 1.48. The number of furan rings is 2. The molecule has 4 rings (SSSR count). The summed E-state index contributed by atoms with van der Waals surface area (Å²) >= 11 is 0. The largest absolute Gasteiger partial charge is 0.497 e. The second-order valence-corrected chi connectivity index (χ2v) is 6.85. The first kappa shape index (κ1) is 18.9. The van der Waals surface area contributed by atoms with Gasteiger partial charge in [-0.1, -0.05) is 12.1 Å². The molecule has 150 valence electrons. The van der Waals surface area contributed by atoms with Gasteiger partial charge in [0.1, 0.15) is 17.1 Å². The number of hydrogen-bond acceptors (Lipinski definition) is 5. The molecule has 1 amide bonds. The lowest BCUT2D eigenvalue weighted by molar-refractivity contribution is -0.121. The van der Waals surface area contributed by atoms with Crippen molar-refractivity contribution in [1.82, 2.24) is 5.32 Å². The molecule has 0 saturated carbocycles. The number of nitrogens with one attached hydrogen (secondary N) is 1. The van der Waals surface area contributed by atoms with Crippen LogP contribution in [-0.4, -0.2) is 19.6 Å². The second-order valence-electron chi connectivity index (χ2n) is 6.85. The van der Waals surface area contributed by atoms with Crippen molar-refractivity contribution >= 4 is 27.8 Å². The van der Waals surface area contributed by atoms with Gasteiger partial charge < -0.3 is 23.6 Å². The van der Waals surface area contributed by atoms with Crippen molar-refractivity contribution in [3.63, 3.8) is 0 Å². The summed E-state index contributed by atoms with van der Waals surface area (Å²) in [6, 6.07) is 13.0. The van der Waals surface area contributed by atoms with Gasteiger partial charge >= 0.3 is 0 Å². The van der Waals surface area contributed by atoms with Gasteiger partial charge in [0.25, 0.3) is 0 Å². The number of hydrogen-bond donors (Lipinski definition) is 1. The molecule has 0 saturated heterocycles. The maximum atomic E-state index is 12.6. The summed E-state index contributed by atoms with van der Waals surface area (Å²) in [6.45, 7) is 4.39. The molecule has 29 heavy (non-hydrogen) atoms. The topological polar surface area (TPSA) is 73.8 Å². The van der Waals surface area contributed by atoms with Crippen molar-refractivity contribution in [3.05, 3.63) is 60.1 Å². The van der Waals surface area contributed by atoms with E-state index >= 15 is 0 Å². The van der Waals surface area contributed by atoms with Crippen LogP contribution in [0, 0.1) is 0 Å². The first-order valence-corrected chi connectivity index (χ1v) is 9.57. The van der Waals surface area contributed by atoms with E-state index in [9.17, 15) is 4.79 Å². The third-order valence-corrected chi connectivity index (χ3v) is 4.85. The molecule has 0 aliphatic heterocycles. The molecule has 6 nitrogen and oxygen atoms in total. The highest BCUT2D eigenvalue weighted by atomic mass is 16.5. The number of carbonyl (C=O) groups excluding carboxylic acids is 1. The van der Waals surface area contributed by atoms with E-state index in [1.807, 2.05) is 56.3 Å². The Kier molecular flexibility index (Phi) is 5.16. The Bertz CT molecular complexity index is 1160. The molecule has 0 bridgehead atoms. The van der Waals surface area contributed by atoms with Gasteiger partial charge in [-0.2, -0.15) is 0 Å². The van der Waals surface area contributed by atoms with E-state index in [1.54, 1.807) is 13.4 Å². The quantitative estimate of drug-likeness (QED) is 0.478. The predicted molar refractivity (Wildman–Crippen MR) is 110 cm³/mol. The summed E-state index contributed by atoms with van der Waals surface area (Å²) in [5.41, 5.74) is 2.22. The smallest absolute Gasteiger partial charge is 0.225 e. The number of fused-ring (bicyclic) bond motifs is 2. The van der Waals surface area contributed by atoms with Gasteiger partial charge in [0.2, 0.25) is 5.91 Å². The van der Waals surface area contributed by atoms with Crippen LogP contribution in [0.3, 0.4) is 0 Å². The fourth-order valence-electron chi connectivity index (χ4n) is 3.40. The molecule has 1 unspecified atom stereocenters. The Hall–Kier alpha value is -3.41. The number of rotatable bonds is 7. The first-order valence-electron chi connectivity index (χ1n) is 9.57. The standard InChI is InChI=1S/C23H23NO5/c1-4-27-19-7-5-6-15-10-20(29-23(15)19)14(2)24-22(25)11-16-13-28-21-12-17(26-3)8-9-18(16)21/h5-10,12-14H,4,11H2,1-3H3,(H,24,25). The lowest BCUT2D eigenvalue weighted by Gasteiger charge is -2.11. The number of para-hydroxylation sites is 1. The van der Waals surface area contributed by atoms with Crippen LogP contribution in [0.15, 0.2) is 57.6 Å². The molecule has 0 aliphatic rings. The number of methoxy groups -OCH3 is 1. The third kappa shape index (κ3) is 3.78. The lowest BCUT2D eigenvalue weighted by Crippen LogP contribution is -2.27. The minimum Gasteiger partial charge on any atom is -0.497 e. The number of benzene rings is 2. The fraction of sp³-hybridized carbons (Fsp3) is 0.261. The van der Waals surface area contributed by atoms with Gasteiger partial charge in [-0.25, -0.2) is 0 Å². The lowest BCUT2D eigenvalue weighted by atomic mass is 10.1. The highest BCUT2D eigenvalue weighted by Crippen LogP contribution is 2.31. The third-order valence-electron chi connectivity index (χ3n) is 4.85. The zero-order valence-corrected chi connectivity index (χ0v) is 16.7. The monoisotopic (exact) mass is 393 g/mol. The van der Waals surface area contributed by atoms with Crippen LogP contribution in [0.25, 0.3) is 21.9 Å². The Morgan fingerprint density at radius 1 is 1.21 bits per heavy atom. The van der Waals surface area contributed by atoms with Crippen molar-refractivity contribution in [3.8, 4) is 11.5 Å². The fourth-order valence-corrected chi connectivity index (χ4v) is 3.40. The van der Waals surface area contributed by atoms with E-state index in [2.05, 4.69) is 5.32 Å². The van der Waals surface area contributed by atoms with Gasteiger partial charge in [0.15, 0.2) is 11.3 Å². The summed E-state index contributed by atoms with van der Waals surface area (Å²) in [6.07, 6.45) is 1.83. The van der Waals surface area contributed by atoms with E-state index in [-0.39, 0.29) is 18.4 Å². The normalized spacial score (nSPS) is 12.2. The minimum absolute atomic E-state index is 0.110. The van der Waals surface area contributed by atoms with Gasteiger partial charge in [-0.15, -0.1) is 0 Å². The van der Waals surface area contributed by atoms with E-state index in [1.165, 1.54) is 0 Å². The van der Waals surface area contributed by atoms with Crippen LogP contribution in [0.2, 0.25) is 0 Å². The molecule has 0 aliphatic carbocycles. The van der Waals surface area contributed by atoms with E-state index in [0.717, 1.165) is 16.3 Å². The van der Waals surface area contributed by atoms with E-state index in [0.29, 0.717) is 35.0 Å². The second kappa shape index (κ2) is 7.91. The molecule has 1 atom stereocenters. The number of ether oxygens (including phenoxy) is 2. The van der Waals surface area contributed by atoms with E-state index in [4.69, 9.17) is 18.3 Å². The molecule has 2 heterocycles. The molecule has 2 aromatic carbocycles. The maximum absolute atomic E-state index is 12.6. The van der Waals surface area contributed by atoms with Crippen LogP contribution in [-0.2, 0) is 11.2 Å². The molecule has 2 aromatic heterocycles. The molecular weight excluding hydrogens is 370 g/mol. The van der Waals surface area contributed by atoms with Gasteiger partial charge in [0, 0.05) is 22.4 Å². The van der Waals surface area contributed by atoms with Crippen molar-refractivity contribution in [1.29, 1.82) is 0 Å². The van der Waals surface area contributed by atoms with Crippen molar-refractivity contribution in [2.75, 3.05) is 13.7 Å². The molecule has 6 heteroatoms. The average Bonchev–Trinajstić information content (AvgIpc) is 3.33. The minimum atomic E-state index is -0.275. The Morgan fingerprint density at radius 3 is 2.86 bits per heavy atom. The summed E-state index contributed by atoms with van der Waals surface area (Å²) < 4.78 is 22.4. The van der Waals surface area contributed by atoms with Crippen LogP contribution in [0.5, 0.6) is 11.5 Å². The molecular formula is C23H23NO5. The van der Waals surface area contributed by atoms with Crippen LogP contribution in [0.4, 0.5) is 0 Å². The summed E-state index contributed by atoms with van der Waals surface area (Å²) in [4.78, 5) is 12.6. The Labute approximate surface area is 168 Å². The van der Waals surface area contributed by atoms with Crippen LogP contribution >= 0.6 is 0 Å². The zero-order chi connectivity index (χ0) is 20.4. The number of carbonyl (C=O) groups is 1. The van der Waals surface area contributed by atoms with Crippen molar-refractivity contribution < 1.29 is 23.1 Å². The summed E-state index contributed by atoms with van der Waals surface area (Å²) in [5, 5.41) is 4.84. The molecule has 0 spiro atoms. The SMILES string of the molecule is CCOc1cccc2cc(C(C)NC(=O)Cc3coc4cc(OC)ccc34)oc12. The van der Waals surface area contributed by atoms with Crippen LogP contribution in [0.1, 0.15) is 31.2 Å². The molecule has 1 N–H and O–H groups in total. The number of amides is 1. The Morgan fingerprint density at radius 2 is 2.07 bits per heavy atom. The van der Waals surface area contributed by atoms with Gasteiger partial charge in [0.05, 0.1) is 32.4 Å². The van der Waals surface area contributed by atoms with Crippen molar-refractivity contribution in [2.45, 2.75) is 26.3 Å². The highest BCUT2D eigenvalue weighted by Gasteiger charge is 2.18. The molecule has 0 radical (unpaired) electrons. The highest BCUT2D eigenvalue weighted by molar-refractivity contribution is 5.88. The molecule has 4 aromatic rings. The van der Waals surface area contributed by atoms with Gasteiger partial charge in [-0.3, -0.25) is 4.79 Å². The van der Waals surface area contributed by atoms with E-state index < -0.39 is 0 Å². The molecule has 0 fully saturated rings. The van der Waals surface area contributed by atoms with Gasteiger partial charge in [-0.05, 0) is 38.1 Å². The first-order chi connectivity index (χ1) is 14.1. The summed E-state index contributed by atoms with van der Waals surface area (Å²) in [5.74, 6) is 1.99. The van der Waals surface area contributed by atoms with Crippen LogP contribution < -0.4 is 14.8 Å². The van der Waals surface area contributed by atoms with Crippen molar-refractivity contribution in [2.24, 2.45) is 0 Å². The maximum Gasteiger partial charge on any atom is 0.225 e. The summed E-state index contributed by atoms with van der Waals surface area (Å²) in [7, 11) is 1.61.